The van der Waals surface area contributed by atoms with Gasteiger partial charge in [0.25, 0.3) is 17.4 Å². The second kappa shape index (κ2) is 16.0. The smallest absolute Gasteiger partial charge is 0.385 e. The van der Waals surface area contributed by atoms with Crippen LogP contribution in [0.3, 0.4) is 0 Å². The molecule has 2 saturated heterocycles. The minimum Gasteiger partial charge on any atom is -0.385 e. The molecular weight excluding hydrogens is 747 g/mol. The summed E-state index contributed by atoms with van der Waals surface area (Å²) in [7, 11) is 1.66. The third-order valence-corrected chi connectivity index (χ3v) is 10.9. The second-order valence-electron chi connectivity index (χ2n) is 14.7. The molecule has 7 rings (SSSR count). The summed E-state index contributed by atoms with van der Waals surface area (Å²) in [6.07, 6.45) is -0.188. The molecule has 57 heavy (non-hydrogen) atoms. The number of pyridine rings is 1. The van der Waals surface area contributed by atoms with Gasteiger partial charge in [0.15, 0.2) is 0 Å². The number of imide groups is 2. The maximum atomic E-state index is 13.2. The fourth-order valence-electron chi connectivity index (χ4n) is 7.92. The van der Waals surface area contributed by atoms with Crippen molar-refractivity contribution in [2.75, 3.05) is 31.6 Å². The minimum atomic E-state index is -4.77. The fourth-order valence-corrected chi connectivity index (χ4v) is 7.92. The van der Waals surface area contributed by atoms with Crippen LogP contribution < -0.4 is 16.2 Å². The van der Waals surface area contributed by atoms with Gasteiger partial charge in [-0.25, -0.2) is 4.98 Å². The van der Waals surface area contributed by atoms with Gasteiger partial charge < -0.3 is 19.4 Å². The maximum absolute atomic E-state index is 13.2. The molecule has 0 bridgehead atoms. The zero-order valence-electron chi connectivity index (χ0n) is 31.5. The molecule has 3 aliphatic heterocycles. The number of piperidine rings is 2. The molecule has 0 saturated carbocycles. The van der Waals surface area contributed by atoms with E-state index in [1.807, 2.05) is 18.2 Å². The number of carbonyl (C=O) groups excluding carboxylic acids is 5. The largest absolute Gasteiger partial charge is 0.522 e. The molecule has 1 atom stereocenters. The van der Waals surface area contributed by atoms with E-state index in [0.717, 1.165) is 16.0 Å². The van der Waals surface area contributed by atoms with Crippen LogP contribution >= 0.6 is 0 Å². The zero-order valence-corrected chi connectivity index (χ0v) is 31.5. The van der Waals surface area contributed by atoms with Gasteiger partial charge in [-0.1, -0.05) is 6.07 Å². The van der Waals surface area contributed by atoms with Crippen molar-refractivity contribution >= 4 is 46.3 Å². The first-order valence-electron chi connectivity index (χ1n) is 18.9. The van der Waals surface area contributed by atoms with Crippen LogP contribution in [0.15, 0.2) is 53.5 Å². The molecule has 0 radical (unpaired) electrons. The van der Waals surface area contributed by atoms with Gasteiger partial charge in [0, 0.05) is 69.4 Å². The number of rotatable bonds is 12. The Morgan fingerprint density at radius 3 is 2.42 bits per heavy atom. The first-order chi connectivity index (χ1) is 27.2. The van der Waals surface area contributed by atoms with Gasteiger partial charge in [-0.3, -0.25) is 43.7 Å². The second-order valence-corrected chi connectivity index (χ2v) is 14.7. The Balaban J connectivity index is 0.929. The van der Waals surface area contributed by atoms with E-state index in [0.29, 0.717) is 79.8 Å². The molecule has 5 heterocycles. The quantitative estimate of drug-likeness (QED) is 0.154. The topological polar surface area (TPSA) is 165 Å². The number of likely N-dealkylation sites (tertiary alicyclic amines) is 1. The van der Waals surface area contributed by atoms with E-state index in [1.54, 1.807) is 47.8 Å². The van der Waals surface area contributed by atoms with E-state index in [4.69, 9.17) is 4.98 Å². The van der Waals surface area contributed by atoms with Crippen LogP contribution in [0.1, 0.15) is 83.0 Å². The number of unbranched alkanes of at least 4 members (excludes halogenated alkanes) is 1. The highest BCUT2D eigenvalue weighted by Crippen LogP contribution is 2.34. The average molecular weight is 790 g/mol. The number of aryl methyl sites for hydroxylation is 2. The SMILES string of the molecule is Cc1cc(-c2ccc3nc(C4CCN(C(=O)CCCCNc5ccc6c(c5)C(=O)N(C5CCC(=O)NC5=O)C6=O)CC4)n(CCOC(F)(F)F)c3c2)cn(C)c1=O. The molecule has 0 aliphatic carbocycles. The predicted octanol–water partition coefficient (Wildman–Crippen LogP) is 4.64. The summed E-state index contributed by atoms with van der Waals surface area (Å²) >= 11 is 0. The first kappa shape index (κ1) is 39.4. The summed E-state index contributed by atoms with van der Waals surface area (Å²) in [6.45, 7) is 2.52. The Bertz CT molecular complexity index is 2300. The summed E-state index contributed by atoms with van der Waals surface area (Å²) in [4.78, 5) is 83.0. The zero-order chi connectivity index (χ0) is 40.6. The van der Waals surface area contributed by atoms with Crippen molar-refractivity contribution in [1.82, 2.24) is 29.2 Å². The molecule has 17 heteroatoms. The van der Waals surface area contributed by atoms with Crippen molar-refractivity contribution in [1.29, 1.82) is 0 Å². The molecule has 1 unspecified atom stereocenters. The Morgan fingerprint density at radius 1 is 0.947 bits per heavy atom. The van der Waals surface area contributed by atoms with Crippen LogP contribution in [0.4, 0.5) is 18.9 Å². The van der Waals surface area contributed by atoms with Crippen LogP contribution in [-0.2, 0) is 32.7 Å². The number of ether oxygens (including phenoxy) is 1. The highest BCUT2D eigenvalue weighted by molar-refractivity contribution is 6.23. The number of alkyl halides is 3. The molecule has 5 amide bonds. The minimum absolute atomic E-state index is 0.00732. The van der Waals surface area contributed by atoms with Gasteiger partial charge in [0.1, 0.15) is 11.9 Å². The van der Waals surface area contributed by atoms with E-state index in [2.05, 4.69) is 15.4 Å². The van der Waals surface area contributed by atoms with Crippen molar-refractivity contribution in [3.8, 4) is 11.1 Å². The van der Waals surface area contributed by atoms with Crippen LogP contribution in [-0.4, -0.2) is 92.1 Å². The third-order valence-electron chi connectivity index (χ3n) is 10.9. The lowest BCUT2D eigenvalue weighted by atomic mass is 9.95. The highest BCUT2D eigenvalue weighted by atomic mass is 19.4. The van der Waals surface area contributed by atoms with E-state index >= 15 is 0 Å². The summed E-state index contributed by atoms with van der Waals surface area (Å²) in [6, 6.07) is 11.1. The standard InChI is InChI=1S/C40H42F3N7O7/c1-23-19-26(22-47(2)37(23)54)25-6-9-30-32(20-25)49(17-18-57-40(41,42)43)35(45-30)24-12-15-48(16-13-24)34(52)5-3-4-14-44-27-7-8-28-29(21-27)39(56)50(38(28)55)31-10-11-33(51)46-36(31)53/h6-9,19-22,24,31,44H,3-5,10-18H2,1-2H3,(H,46,51,53). The molecular formula is C40H42F3N7O7. The summed E-state index contributed by atoms with van der Waals surface area (Å²) in [5, 5.41) is 5.41. The Kier molecular flexibility index (Phi) is 11.0. The van der Waals surface area contributed by atoms with Crippen molar-refractivity contribution in [2.45, 2.75) is 76.7 Å². The molecule has 14 nitrogen and oxygen atoms in total. The Morgan fingerprint density at radius 2 is 1.70 bits per heavy atom. The maximum Gasteiger partial charge on any atom is 0.522 e. The van der Waals surface area contributed by atoms with E-state index < -0.39 is 42.6 Å². The monoisotopic (exact) mass is 789 g/mol. The predicted molar refractivity (Wildman–Crippen MR) is 201 cm³/mol. The molecule has 300 valence electrons. The number of nitrogens with one attached hydrogen (secondary N) is 2. The van der Waals surface area contributed by atoms with Crippen molar-refractivity contribution in [3.63, 3.8) is 0 Å². The summed E-state index contributed by atoms with van der Waals surface area (Å²) < 4.78 is 46.3. The number of hydrogen-bond donors (Lipinski definition) is 2. The number of hydrogen-bond acceptors (Lipinski definition) is 9. The lowest BCUT2D eigenvalue weighted by Crippen LogP contribution is -2.54. The molecule has 2 aromatic heterocycles. The van der Waals surface area contributed by atoms with Crippen LogP contribution in [0.25, 0.3) is 22.2 Å². The van der Waals surface area contributed by atoms with Crippen molar-refractivity contribution < 1.29 is 41.9 Å². The molecule has 4 aromatic rings. The van der Waals surface area contributed by atoms with E-state index in [-0.39, 0.29) is 47.9 Å². The number of anilines is 1. The number of nitrogens with zero attached hydrogens (tertiary/aromatic N) is 5. The molecule has 2 aromatic carbocycles. The lowest BCUT2D eigenvalue weighted by molar-refractivity contribution is -0.325. The lowest BCUT2D eigenvalue weighted by Gasteiger charge is -2.32. The molecule has 2 N–H and O–H groups in total. The van der Waals surface area contributed by atoms with Crippen molar-refractivity contribution in [2.24, 2.45) is 7.05 Å². The Hall–Kier alpha value is -5.84. The number of benzene rings is 2. The molecule has 3 aliphatic rings. The molecule has 0 spiro atoms. The van der Waals surface area contributed by atoms with Gasteiger partial charge in [0.05, 0.1) is 28.8 Å². The van der Waals surface area contributed by atoms with Gasteiger partial charge in [0.2, 0.25) is 17.7 Å². The number of amides is 5. The van der Waals surface area contributed by atoms with Gasteiger partial charge in [-0.2, -0.15) is 0 Å². The third kappa shape index (κ3) is 8.33. The molecule has 2 fully saturated rings. The summed E-state index contributed by atoms with van der Waals surface area (Å²) in [5.41, 5.74) is 4.30. The Labute approximate surface area is 325 Å². The van der Waals surface area contributed by atoms with E-state index in [9.17, 15) is 41.9 Å². The fraction of sp³-hybridized carbons (Fsp3) is 0.425. The normalized spacial score (nSPS) is 17.7. The van der Waals surface area contributed by atoms with Gasteiger partial charge >= 0.3 is 6.36 Å². The highest BCUT2D eigenvalue weighted by Gasteiger charge is 2.44. The van der Waals surface area contributed by atoms with Crippen LogP contribution in [0.5, 0.6) is 0 Å². The van der Waals surface area contributed by atoms with Crippen LogP contribution in [0, 0.1) is 6.92 Å². The number of aromatic nitrogens is 3. The van der Waals surface area contributed by atoms with Crippen molar-refractivity contribution in [3.05, 3.63) is 81.5 Å². The van der Waals surface area contributed by atoms with Crippen LogP contribution in [0.2, 0.25) is 0 Å². The van der Waals surface area contributed by atoms with Gasteiger partial charge in [-0.05, 0) is 86.6 Å². The average Bonchev–Trinajstić information content (AvgIpc) is 3.65. The first-order valence-corrected chi connectivity index (χ1v) is 18.9. The van der Waals surface area contributed by atoms with E-state index in [1.165, 1.54) is 10.6 Å². The van der Waals surface area contributed by atoms with Gasteiger partial charge in [-0.15, -0.1) is 13.2 Å². The number of halogens is 3. The number of fused-ring (bicyclic) bond motifs is 2. The number of carbonyl (C=O) groups is 5. The summed E-state index contributed by atoms with van der Waals surface area (Å²) in [5.74, 6) is -1.71. The number of imidazole rings is 1.